The second-order valence-corrected chi connectivity index (χ2v) is 3.07. The van der Waals surface area contributed by atoms with Gasteiger partial charge in [0.15, 0.2) is 0 Å². The first kappa shape index (κ1) is 11.5. The van der Waals surface area contributed by atoms with E-state index < -0.39 is 0 Å². The SMILES string of the molecule is CCC(CO)Nc1cc(NN)nc(N)n1. The molecular formula is C8H16N6O. The standard InChI is InChI=1S/C8H16N6O/c1-2-5(4-15)11-6-3-7(14-10)13-8(9)12-6/h3,5,15H,2,4,10H2,1H3,(H4,9,11,12,13,14). The van der Waals surface area contributed by atoms with Crippen LogP contribution in [0.4, 0.5) is 17.6 Å². The molecule has 15 heavy (non-hydrogen) atoms. The molecule has 1 unspecified atom stereocenters. The quantitative estimate of drug-likeness (QED) is 0.330. The molecule has 84 valence electrons. The second kappa shape index (κ2) is 5.32. The first-order valence-electron chi connectivity index (χ1n) is 4.68. The van der Waals surface area contributed by atoms with Crippen molar-refractivity contribution in [2.45, 2.75) is 19.4 Å². The van der Waals surface area contributed by atoms with Gasteiger partial charge in [0.1, 0.15) is 11.6 Å². The summed E-state index contributed by atoms with van der Waals surface area (Å²) < 4.78 is 0. The van der Waals surface area contributed by atoms with Crippen LogP contribution in [0.1, 0.15) is 13.3 Å². The van der Waals surface area contributed by atoms with E-state index in [0.29, 0.717) is 11.6 Å². The molecule has 0 aliphatic carbocycles. The van der Waals surface area contributed by atoms with Crippen LogP contribution in [0.2, 0.25) is 0 Å². The van der Waals surface area contributed by atoms with Crippen LogP contribution in [0, 0.1) is 0 Å². The summed E-state index contributed by atoms with van der Waals surface area (Å²) in [6.07, 6.45) is 0.784. The lowest BCUT2D eigenvalue weighted by atomic mass is 10.2. The Morgan fingerprint density at radius 3 is 2.67 bits per heavy atom. The van der Waals surface area contributed by atoms with Crippen LogP contribution in [-0.2, 0) is 0 Å². The van der Waals surface area contributed by atoms with Crippen LogP contribution in [-0.4, -0.2) is 27.7 Å². The maximum absolute atomic E-state index is 9.01. The lowest BCUT2D eigenvalue weighted by molar-refractivity contribution is 0.271. The molecule has 7 N–H and O–H groups in total. The van der Waals surface area contributed by atoms with Gasteiger partial charge in [-0.15, -0.1) is 0 Å². The van der Waals surface area contributed by atoms with Crippen LogP contribution in [0.25, 0.3) is 0 Å². The molecule has 7 heteroatoms. The highest BCUT2D eigenvalue weighted by atomic mass is 16.3. The van der Waals surface area contributed by atoms with Crippen molar-refractivity contribution in [2.75, 3.05) is 23.1 Å². The molecule has 1 rings (SSSR count). The predicted octanol–water partition coefficient (Wildman–Crippen LogP) is -0.473. The number of aliphatic hydroxyl groups is 1. The van der Waals surface area contributed by atoms with Crippen LogP contribution in [0.15, 0.2) is 6.07 Å². The van der Waals surface area contributed by atoms with Gasteiger partial charge in [-0.2, -0.15) is 9.97 Å². The van der Waals surface area contributed by atoms with E-state index in [1.54, 1.807) is 6.07 Å². The van der Waals surface area contributed by atoms with Gasteiger partial charge in [-0.05, 0) is 6.42 Å². The molecule has 0 fully saturated rings. The Labute approximate surface area is 87.9 Å². The molecule has 0 aromatic carbocycles. The number of hydrazine groups is 1. The number of aromatic nitrogens is 2. The number of nitrogen functional groups attached to an aromatic ring is 2. The molecule has 7 nitrogen and oxygen atoms in total. The lowest BCUT2D eigenvalue weighted by Crippen LogP contribution is -2.23. The highest BCUT2D eigenvalue weighted by Crippen LogP contribution is 2.12. The number of nitrogens with one attached hydrogen (secondary N) is 2. The smallest absolute Gasteiger partial charge is 0.223 e. The Morgan fingerprint density at radius 2 is 2.13 bits per heavy atom. The summed E-state index contributed by atoms with van der Waals surface area (Å²) in [5, 5.41) is 12.0. The van der Waals surface area contributed by atoms with Gasteiger partial charge < -0.3 is 21.6 Å². The molecule has 0 radical (unpaired) electrons. The minimum absolute atomic E-state index is 0.0335. The Balaban J connectivity index is 2.79. The van der Waals surface area contributed by atoms with E-state index in [1.807, 2.05) is 6.92 Å². The zero-order valence-corrected chi connectivity index (χ0v) is 8.57. The average molecular weight is 212 g/mol. The largest absolute Gasteiger partial charge is 0.394 e. The Bertz CT molecular complexity index is 314. The minimum Gasteiger partial charge on any atom is -0.394 e. The fourth-order valence-corrected chi connectivity index (χ4v) is 1.10. The molecular weight excluding hydrogens is 196 g/mol. The number of hydrogen-bond donors (Lipinski definition) is 5. The molecule has 0 spiro atoms. The van der Waals surface area contributed by atoms with Crippen molar-refractivity contribution in [2.24, 2.45) is 5.84 Å². The number of anilines is 3. The average Bonchev–Trinajstić information content (AvgIpc) is 2.25. The van der Waals surface area contributed by atoms with E-state index in [-0.39, 0.29) is 18.6 Å². The number of rotatable bonds is 5. The summed E-state index contributed by atoms with van der Waals surface area (Å²) in [5.74, 6) is 6.30. The van der Waals surface area contributed by atoms with Gasteiger partial charge in [0.2, 0.25) is 5.95 Å². The van der Waals surface area contributed by atoms with E-state index in [2.05, 4.69) is 20.7 Å². The molecule has 0 saturated heterocycles. The molecule has 0 saturated carbocycles. The van der Waals surface area contributed by atoms with E-state index in [1.165, 1.54) is 0 Å². The van der Waals surface area contributed by atoms with Crippen molar-refractivity contribution in [3.8, 4) is 0 Å². The first-order chi connectivity index (χ1) is 7.19. The van der Waals surface area contributed by atoms with Gasteiger partial charge >= 0.3 is 0 Å². The van der Waals surface area contributed by atoms with Crippen LogP contribution in [0.5, 0.6) is 0 Å². The Kier molecular flexibility index (Phi) is 4.07. The van der Waals surface area contributed by atoms with E-state index >= 15 is 0 Å². The molecule has 0 amide bonds. The van der Waals surface area contributed by atoms with Gasteiger partial charge in [0.05, 0.1) is 12.6 Å². The molecule has 0 bridgehead atoms. The summed E-state index contributed by atoms with van der Waals surface area (Å²) in [5.41, 5.74) is 7.86. The maximum Gasteiger partial charge on any atom is 0.223 e. The third-order valence-corrected chi connectivity index (χ3v) is 1.96. The third kappa shape index (κ3) is 3.22. The highest BCUT2D eigenvalue weighted by molar-refractivity contribution is 5.50. The van der Waals surface area contributed by atoms with Gasteiger partial charge in [-0.3, -0.25) is 0 Å². The monoisotopic (exact) mass is 212 g/mol. The van der Waals surface area contributed by atoms with Crippen molar-refractivity contribution in [1.29, 1.82) is 0 Å². The van der Waals surface area contributed by atoms with Crippen molar-refractivity contribution in [3.05, 3.63) is 6.07 Å². The van der Waals surface area contributed by atoms with Gasteiger partial charge in [-0.25, -0.2) is 5.84 Å². The van der Waals surface area contributed by atoms with Gasteiger partial charge in [0, 0.05) is 6.07 Å². The second-order valence-electron chi connectivity index (χ2n) is 3.07. The zero-order valence-electron chi connectivity index (χ0n) is 8.57. The molecule has 1 atom stereocenters. The maximum atomic E-state index is 9.01. The van der Waals surface area contributed by atoms with E-state index in [0.717, 1.165) is 6.42 Å². The zero-order chi connectivity index (χ0) is 11.3. The van der Waals surface area contributed by atoms with E-state index in [9.17, 15) is 0 Å². The molecule has 1 aromatic rings. The number of hydrogen-bond acceptors (Lipinski definition) is 7. The highest BCUT2D eigenvalue weighted by Gasteiger charge is 2.07. The molecule has 1 heterocycles. The fraction of sp³-hybridized carbons (Fsp3) is 0.500. The topological polar surface area (TPSA) is 122 Å². The number of aliphatic hydroxyl groups excluding tert-OH is 1. The van der Waals surface area contributed by atoms with Crippen molar-refractivity contribution >= 4 is 17.6 Å². The molecule has 1 aromatic heterocycles. The summed E-state index contributed by atoms with van der Waals surface area (Å²) in [6.45, 7) is 1.99. The molecule has 0 aliphatic rings. The van der Waals surface area contributed by atoms with Crippen molar-refractivity contribution in [1.82, 2.24) is 9.97 Å². The van der Waals surface area contributed by atoms with E-state index in [4.69, 9.17) is 16.7 Å². The van der Waals surface area contributed by atoms with Crippen LogP contribution in [0.3, 0.4) is 0 Å². The summed E-state index contributed by atoms with van der Waals surface area (Å²) in [7, 11) is 0. The number of nitrogens with two attached hydrogens (primary N) is 2. The van der Waals surface area contributed by atoms with Gasteiger partial charge in [0.25, 0.3) is 0 Å². The Morgan fingerprint density at radius 1 is 1.47 bits per heavy atom. The van der Waals surface area contributed by atoms with Crippen molar-refractivity contribution in [3.63, 3.8) is 0 Å². The van der Waals surface area contributed by atoms with Crippen LogP contribution < -0.4 is 22.3 Å². The van der Waals surface area contributed by atoms with Gasteiger partial charge in [-0.1, -0.05) is 6.92 Å². The lowest BCUT2D eigenvalue weighted by Gasteiger charge is -2.15. The van der Waals surface area contributed by atoms with Crippen LogP contribution >= 0.6 is 0 Å². The summed E-state index contributed by atoms with van der Waals surface area (Å²) in [6, 6.07) is 1.57. The normalized spacial score (nSPS) is 12.2. The first-order valence-corrected chi connectivity index (χ1v) is 4.68. The molecule has 0 aliphatic heterocycles. The predicted molar refractivity (Wildman–Crippen MR) is 59.0 cm³/mol. The third-order valence-electron chi connectivity index (χ3n) is 1.96. The number of nitrogens with zero attached hydrogens (tertiary/aromatic N) is 2. The summed E-state index contributed by atoms with van der Waals surface area (Å²) >= 11 is 0. The summed E-state index contributed by atoms with van der Waals surface area (Å²) in [4.78, 5) is 7.81. The minimum atomic E-state index is -0.0510. The Hall–Kier alpha value is -1.60. The fourth-order valence-electron chi connectivity index (χ4n) is 1.10. The van der Waals surface area contributed by atoms with Crippen molar-refractivity contribution < 1.29 is 5.11 Å².